The SMILES string of the molecule is CSCc1nc2ccccc2n1CC(=O)NC[C@H]1CCCO1. The van der Waals surface area contributed by atoms with Crippen molar-refractivity contribution in [3.05, 3.63) is 30.1 Å². The highest BCUT2D eigenvalue weighted by molar-refractivity contribution is 7.97. The lowest BCUT2D eigenvalue weighted by Gasteiger charge is -2.12. The summed E-state index contributed by atoms with van der Waals surface area (Å²) < 4.78 is 7.54. The van der Waals surface area contributed by atoms with E-state index in [1.807, 2.05) is 35.1 Å². The van der Waals surface area contributed by atoms with E-state index in [1.165, 1.54) is 0 Å². The third-order valence-electron chi connectivity index (χ3n) is 3.86. The summed E-state index contributed by atoms with van der Waals surface area (Å²) in [5.41, 5.74) is 1.96. The first kappa shape index (κ1) is 15.4. The molecule has 1 aliphatic heterocycles. The normalized spacial score (nSPS) is 18.0. The minimum atomic E-state index is 0.0148. The molecule has 0 spiro atoms. The van der Waals surface area contributed by atoms with Crippen LogP contribution in [0.15, 0.2) is 24.3 Å². The molecule has 0 aliphatic carbocycles. The molecule has 0 saturated carbocycles. The summed E-state index contributed by atoms with van der Waals surface area (Å²) >= 11 is 1.71. The number of imidazole rings is 1. The maximum absolute atomic E-state index is 12.2. The lowest BCUT2D eigenvalue weighted by Crippen LogP contribution is -2.34. The van der Waals surface area contributed by atoms with Gasteiger partial charge in [-0.3, -0.25) is 4.79 Å². The molecule has 1 N–H and O–H groups in total. The van der Waals surface area contributed by atoms with Gasteiger partial charge < -0.3 is 14.6 Å². The van der Waals surface area contributed by atoms with Crippen molar-refractivity contribution in [3.63, 3.8) is 0 Å². The molecule has 0 bridgehead atoms. The van der Waals surface area contributed by atoms with Crippen LogP contribution in [0.4, 0.5) is 0 Å². The lowest BCUT2D eigenvalue weighted by atomic mass is 10.2. The molecule has 3 rings (SSSR count). The van der Waals surface area contributed by atoms with E-state index < -0.39 is 0 Å². The van der Waals surface area contributed by atoms with Crippen LogP contribution in [0.2, 0.25) is 0 Å². The number of thioether (sulfide) groups is 1. The molecule has 1 aliphatic rings. The molecule has 2 heterocycles. The average Bonchev–Trinajstić information content (AvgIpc) is 3.15. The van der Waals surface area contributed by atoms with Crippen molar-refractivity contribution in [2.45, 2.75) is 31.2 Å². The van der Waals surface area contributed by atoms with Crippen LogP contribution in [0, 0.1) is 0 Å². The third kappa shape index (κ3) is 3.44. The van der Waals surface area contributed by atoms with Crippen LogP contribution in [-0.4, -0.2) is 41.0 Å². The van der Waals surface area contributed by atoms with Crippen molar-refractivity contribution < 1.29 is 9.53 Å². The summed E-state index contributed by atoms with van der Waals surface area (Å²) in [6.07, 6.45) is 4.34. The number of carbonyl (C=O) groups excluding carboxylic acids is 1. The van der Waals surface area contributed by atoms with Gasteiger partial charge >= 0.3 is 0 Å². The number of nitrogens with zero attached hydrogens (tertiary/aromatic N) is 2. The highest BCUT2D eigenvalue weighted by atomic mass is 32.2. The number of hydrogen-bond acceptors (Lipinski definition) is 4. The Labute approximate surface area is 134 Å². The molecule has 1 aromatic carbocycles. The van der Waals surface area contributed by atoms with Gasteiger partial charge in [-0.15, -0.1) is 0 Å². The van der Waals surface area contributed by atoms with Gasteiger partial charge in [0, 0.05) is 13.2 Å². The van der Waals surface area contributed by atoms with Crippen molar-refractivity contribution in [3.8, 4) is 0 Å². The molecule has 6 heteroatoms. The van der Waals surface area contributed by atoms with E-state index in [0.717, 1.165) is 42.1 Å². The summed E-state index contributed by atoms with van der Waals surface area (Å²) in [4.78, 5) is 16.9. The van der Waals surface area contributed by atoms with E-state index in [0.29, 0.717) is 13.1 Å². The van der Waals surface area contributed by atoms with Gasteiger partial charge in [-0.05, 0) is 31.2 Å². The first-order valence-electron chi connectivity index (χ1n) is 7.59. The number of nitrogens with one attached hydrogen (secondary N) is 1. The predicted molar refractivity (Wildman–Crippen MR) is 88.9 cm³/mol. The molecular weight excluding hydrogens is 298 g/mol. The van der Waals surface area contributed by atoms with Crippen LogP contribution in [0.1, 0.15) is 18.7 Å². The van der Waals surface area contributed by atoms with Crippen molar-refractivity contribution in [2.24, 2.45) is 0 Å². The number of fused-ring (bicyclic) bond motifs is 1. The van der Waals surface area contributed by atoms with Crippen LogP contribution < -0.4 is 5.32 Å². The first-order chi connectivity index (χ1) is 10.8. The molecule has 1 atom stereocenters. The minimum Gasteiger partial charge on any atom is -0.376 e. The van der Waals surface area contributed by atoms with Crippen LogP contribution in [0.3, 0.4) is 0 Å². The Morgan fingerprint density at radius 1 is 1.50 bits per heavy atom. The predicted octanol–water partition coefficient (Wildman–Crippen LogP) is 2.19. The van der Waals surface area contributed by atoms with Gasteiger partial charge in [0.1, 0.15) is 12.4 Å². The molecule has 0 unspecified atom stereocenters. The first-order valence-corrected chi connectivity index (χ1v) is 8.98. The zero-order chi connectivity index (χ0) is 15.4. The Morgan fingerprint density at radius 2 is 2.36 bits per heavy atom. The van der Waals surface area contributed by atoms with Gasteiger partial charge in [0.25, 0.3) is 0 Å². The summed E-state index contributed by atoms with van der Waals surface area (Å²) in [5, 5.41) is 2.98. The minimum absolute atomic E-state index is 0.0148. The molecule has 1 aromatic heterocycles. The zero-order valence-electron chi connectivity index (χ0n) is 12.7. The number of carbonyl (C=O) groups is 1. The van der Waals surface area contributed by atoms with Gasteiger partial charge in [-0.1, -0.05) is 12.1 Å². The van der Waals surface area contributed by atoms with E-state index in [-0.39, 0.29) is 12.0 Å². The summed E-state index contributed by atoms with van der Waals surface area (Å²) in [6, 6.07) is 7.95. The van der Waals surface area contributed by atoms with Gasteiger partial charge in [-0.2, -0.15) is 11.8 Å². The van der Waals surface area contributed by atoms with Gasteiger partial charge in [0.15, 0.2) is 0 Å². The largest absolute Gasteiger partial charge is 0.376 e. The molecule has 1 amide bonds. The fourth-order valence-electron chi connectivity index (χ4n) is 2.77. The van der Waals surface area contributed by atoms with Gasteiger partial charge in [-0.25, -0.2) is 4.98 Å². The molecule has 2 aromatic rings. The second kappa shape index (κ2) is 7.15. The summed E-state index contributed by atoms with van der Waals surface area (Å²) in [7, 11) is 0. The van der Waals surface area contributed by atoms with E-state index in [2.05, 4.69) is 10.3 Å². The van der Waals surface area contributed by atoms with Crippen molar-refractivity contribution >= 4 is 28.7 Å². The molecular formula is C16H21N3O2S. The Morgan fingerprint density at radius 3 is 3.14 bits per heavy atom. The van der Waals surface area contributed by atoms with E-state index >= 15 is 0 Å². The number of amides is 1. The number of benzene rings is 1. The maximum Gasteiger partial charge on any atom is 0.240 e. The average molecular weight is 319 g/mol. The summed E-state index contributed by atoms with van der Waals surface area (Å²) in [5.74, 6) is 1.76. The van der Waals surface area contributed by atoms with Gasteiger partial charge in [0.2, 0.25) is 5.91 Å². The lowest BCUT2D eigenvalue weighted by molar-refractivity contribution is -0.122. The zero-order valence-corrected chi connectivity index (χ0v) is 13.6. The highest BCUT2D eigenvalue weighted by Crippen LogP contribution is 2.19. The van der Waals surface area contributed by atoms with Crippen LogP contribution >= 0.6 is 11.8 Å². The smallest absolute Gasteiger partial charge is 0.240 e. The summed E-state index contributed by atoms with van der Waals surface area (Å²) in [6.45, 7) is 1.72. The number of para-hydroxylation sites is 2. The van der Waals surface area contributed by atoms with E-state index in [1.54, 1.807) is 11.8 Å². The number of ether oxygens (including phenoxy) is 1. The van der Waals surface area contributed by atoms with Crippen LogP contribution in [0.5, 0.6) is 0 Å². The molecule has 1 saturated heterocycles. The van der Waals surface area contributed by atoms with Crippen molar-refractivity contribution in [1.82, 2.24) is 14.9 Å². The van der Waals surface area contributed by atoms with Gasteiger partial charge in [0.05, 0.1) is 22.9 Å². The Bertz CT molecular complexity index is 650. The molecule has 22 heavy (non-hydrogen) atoms. The van der Waals surface area contributed by atoms with Crippen molar-refractivity contribution in [2.75, 3.05) is 19.4 Å². The quantitative estimate of drug-likeness (QED) is 0.887. The van der Waals surface area contributed by atoms with E-state index in [4.69, 9.17) is 4.74 Å². The number of rotatable bonds is 6. The Balaban J connectivity index is 1.71. The highest BCUT2D eigenvalue weighted by Gasteiger charge is 2.17. The third-order valence-corrected chi connectivity index (χ3v) is 4.41. The topological polar surface area (TPSA) is 56.2 Å². The molecule has 0 radical (unpaired) electrons. The standard InChI is InChI=1S/C16H21N3O2S/c1-22-11-15-18-13-6-2-3-7-14(13)19(15)10-16(20)17-9-12-5-4-8-21-12/h2-3,6-7,12H,4-5,8-11H2,1H3,(H,17,20)/t12-/m1/s1. The second-order valence-corrected chi connectivity index (χ2v) is 6.34. The fourth-order valence-corrected chi connectivity index (χ4v) is 3.25. The van der Waals surface area contributed by atoms with Crippen LogP contribution in [0.25, 0.3) is 11.0 Å². The Kier molecular flexibility index (Phi) is 5.00. The van der Waals surface area contributed by atoms with E-state index in [9.17, 15) is 4.79 Å². The number of aromatic nitrogens is 2. The van der Waals surface area contributed by atoms with Crippen molar-refractivity contribution in [1.29, 1.82) is 0 Å². The second-order valence-electron chi connectivity index (χ2n) is 5.48. The molecule has 1 fully saturated rings. The number of hydrogen-bond donors (Lipinski definition) is 1. The molecule has 118 valence electrons. The fraction of sp³-hybridized carbons (Fsp3) is 0.500. The molecule has 5 nitrogen and oxygen atoms in total. The monoisotopic (exact) mass is 319 g/mol. The Hall–Kier alpha value is -1.53. The van der Waals surface area contributed by atoms with Crippen LogP contribution in [-0.2, 0) is 21.8 Å². The maximum atomic E-state index is 12.2.